The summed E-state index contributed by atoms with van der Waals surface area (Å²) in [7, 11) is -2.35. The molecule has 0 N–H and O–H groups in total. The second kappa shape index (κ2) is 3.72. The van der Waals surface area contributed by atoms with Crippen molar-refractivity contribution in [2.24, 2.45) is 0 Å². The minimum atomic E-state index is -5.45. The molecule has 80 valence electrons. The van der Waals surface area contributed by atoms with E-state index in [1.165, 1.54) is 13.1 Å². The molecule has 0 unspecified atom stereocenters. The second-order valence-corrected chi connectivity index (χ2v) is 10.4. The van der Waals surface area contributed by atoms with Crippen LogP contribution in [0.5, 0.6) is 0 Å². The van der Waals surface area contributed by atoms with Crippen LogP contribution in [0, 0.1) is 0 Å². The lowest BCUT2D eigenvalue weighted by atomic mass is 10.2. The maximum Gasteiger partial charge on any atom is 0.453 e. The Hall–Kier alpha value is 0.157. The Bertz CT molecular complexity index is 171. The molecule has 0 nitrogen and oxygen atoms in total. The van der Waals surface area contributed by atoms with Gasteiger partial charge in [0.2, 0.25) is 0 Å². The second-order valence-electron chi connectivity index (χ2n) is 3.42. The summed E-state index contributed by atoms with van der Waals surface area (Å²) in [6.07, 6.45) is -6.66. The van der Waals surface area contributed by atoms with Gasteiger partial charge < -0.3 is 0 Å². The van der Waals surface area contributed by atoms with Gasteiger partial charge in [0.25, 0.3) is 0 Å². The highest BCUT2D eigenvalue weighted by Crippen LogP contribution is 2.40. The molecule has 0 saturated heterocycles. The van der Waals surface area contributed by atoms with E-state index in [9.17, 15) is 22.0 Å². The Balaban J connectivity index is 4.21. The highest BCUT2D eigenvalue weighted by molar-refractivity contribution is 7.19. The largest absolute Gasteiger partial charge is 0.453 e. The normalized spacial score (nSPS) is 14.8. The predicted octanol–water partition coefficient (Wildman–Crippen LogP) is 4.02. The van der Waals surface area contributed by atoms with Crippen LogP contribution in [0.3, 0.4) is 0 Å². The third-order valence-corrected chi connectivity index (χ3v) is 3.45. The zero-order valence-electron chi connectivity index (χ0n) is 7.18. The molecule has 0 heterocycles. The van der Waals surface area contributed by atoms with Crippen molar-refractivity contribution in [2.45, 2.75) is 37.7 Å². The Morgan fingerprint density at radius 2 is 1.46 bits per heavy atom. The van der Waals surface area contributed by atoms with Crippen LogP contribution in [-0.2, 0) is 0 Å². The lowest BCUT2D eigenvalue weighted by Crippen LogP contribution is -2.37. The number of rotatable bonds is 3. The standard InChI is InChI=1S/C6H10ClF5Si/c1-13(2,7)4-3-5(8,9)6(10,11)12/h3-4H2,1-2H3. The van der Waals surface area contributed by atoms with Gasteiger partial charge in [-0.05, 0) is 6.04 Å². The van der Waals surface area contributed by atoms with E-state index in [-0.39, 0.29) is 6.04 Å². The molecule has 0 aliphatic heterocycles. The molecule has 0 aliphatic rings. The van der Waals surface area contributed by atoms with Crippen molar-refractivity contribution in [2.75, 3.05) is 0 Å². The van der Waals surface area contributed by atoms with E-state index in [4.69, 9.17) is 11.1 Å². The maximum absolute atomic E-state index is 12.3. The molecule has 0 aromatic carbocycles. The number of alkyl halides is 5. The first-order chi connectivity index (χ1) is 5.46. The lowest BCUT2D eigenvalue weighted by molar-refractivity contribution is -0.282. The van der Waals surface area contributed by atoms with Crippen molar-refractivity contribution in [1.29, 1.82) is 0 Å². The minimum absolute atomic E-state index is 0.249. The molecule has 13 heavy (non-hydrogen) atoms. The Morgan fingerprint density at radius 1 is 1.08 bits per heavy atom. The Morgan fingerprint density at radius 3 is 1.69 bits per heavy atom. The molecule has 7 heteroatoms. The van der Waals surface area contributed by atoms with Gasteiger partial charge in [0.1, 0.15) is 0 Å². The number of hydrogen-bond acceptors (Lipinski definition) is 0. The quantitative estimate of drug-likeness (QED) is 0.397. The summed E-state index contributed by atoms with van der Waals surface area (Å²) >= 11 is 5.63. The van der Waals surface area contributed by atoms with Crippen LogP contribution in [0.1, 0.15) is 6.42 Å². The van der Waals surface area contributed by atoms with Gasteiger partial charge in [-0.3, -0.25) is 0 Å². The van der Waals surface area contributed by atoms with Crippen LogP contribution in [0.4, 0.5) is 22.0 Å². The third kappa shape index (κ3) is 4.80. The van der Waals surface area contributed by atoms with Crippen molar-refractivity contribution in [1.82, 2.24) is 0 Å². The first kappa shape index (κ1) is 13.2. The Labute approximate surface area is 78.8 Å². The molecular formula is C6H10ClF5Si. The summed E-state index contributed by atoms with van der Waals surface area (Å²) in [6, 6.07) is -0.249. The fraction of sp³-hybridized carbons (Fsp3) is 1.00. The van der Waals surface area contributed by atoms with Crippen molar-refractivity contribution >= 4 is 18.5 Å². The van der Waals surface area contributed by atoms with E-state index in [1.807, 2.05) is 0 Å². The van der Waals surface area contributed by atoms with Gasteiger partial charge in [-0.2, -0.15) is 33.0 Å². The number of hydrogen-bond donors (Lipinski definition) is 0. The van der Waals surface area contributed by atoms with Crippen LogP contribution in [0.15, 0.2) is 0 Å². The smallest absolute Gasteiger partial charge is 0.196 e. The average Bonchev–Trinajstić information content (AvgIpc) is 1.79. The van der Waals surface area contributed by atoms with Crippen molar-refractivity contribution < 1.29 is 22.0 Å². The fourth-order valence-electron chi connectivity index (χ4n) is 0.596. The van der Waals surface area contributed by atoms with E-state index >= 15 is 0 Å². The maximum atomic E-state index is 12.3. The van der Waals surface area contributed by atoms with E-state index in [2.05, 4.69) is 0 Å². The van der Waals surface area contributed by atoms with Crippen LogP contribution in [0.2, 0.25) is 19.1 Å². The van der Waals surface area contributed by atoms with Gasteiger partial charge in [0.15, 0.2) is 7.38 Å². The molecule has 0 rings (SSSR count). The van der Waals surface area contributed by atoms with Gasteiger partial charge in [0, 0.05) is 6.42 Å². The highest BCUT2D eigenvalue weighted by Gasteiger charge is 2.57. The molecule has 0 fully saturated rings. The van der Waals surface area contributed by atoms with E-state index < -0.39 is 25.9 Å². The summed E-state index contributed by atoms with van der Waals surface area (Å²) in [5.41, 5.74) is 0. The van der Waals surface area contributed by atoms with Gasteiger partial charge in [-0.25, -0.2) is 0 Å². The predicted molar refractivity (Wildman–Crippen MR) is 43.8 cm³/mol. The zero-order valence-corrected chi connectivity index (χ0v) is 8.94. The SMILES string of the molecule is C[Si](C)(Cl)CCC(F)(F)C(F)(F)F. The Kier molecular flexibility index (Phi) is 3.77. The molecule has 0 aliphatic carbocycles. The van der Waals surface area contributed by atoms with E-state index in [1.54, 1.807) is 0 Å². The molecule has 0 radical (unpaired) electrons. The van der Waals surface area contributed by atoms with Crippen molar-refractivity contribution in [3.05, 3.63) is 0 Å². The molecule has 0 spiro atoms. The monoisotopic (exact) mass is 240 g/mol. The van der Waals surface area contributed by atoms with Crippen molar-refractivity contribution in [3.8, 4) is 0 Å². The van der Waals surface area contributed by atoms with E-state index in [0.29, 0.717) is 0 Å². The fourth-order valence-corrected chi connectivity index (χ4v) is 1.79. The number of halogens is 6. The third-order valence-electron chi connectivity index (χ3n) is 1.45. The molecule has 0 aromatic heterocycles. The van der Waals surface area contributed by atoms with Gasteiger partial charge in [0.05, 0.1) is 0 Å². The highest BCUT2D eigenvalue weighted by atomic mass is 35.6. The van der Waals surface area contributed by atoms with Crippen LogP contribution >= 0.6 is 11.1 Å². The van der Waals surface area contributed by atoms with E-state index in [0.717, 1.165) is 0 Å². The van der Waals surface area contributed by atoms with Crippen LogP contribution < -0.4 is 0 Å². The average molecular weight is 241 g/mol. The van der Waals surface area contributed by atoms with Crippen molar-refractivity contribution in [3.63, 3.8) is 0 Å². The first-order valence-corrected chi connectivity index (χ1v) is 7.81. The lowest BCUT2D eigenvalue weighted by Gasteiger charge is -2.22. The topological polar surface area (TPSA) is 0 Å². The van der Waals surface area contributed by atoms with Gasteiger partial charge in [-0.15, -0.1) is 0 Å². The first-order valence-electron chi connectivity index (χ1n) is 3.59. The van der Waals surface area contributed by atoms with Gasteiger partial charge in [-0.1, -0.05) is 13.1 Å². The van der Waals surface area contributed by atoms with Crippen LogP contribution in [0.25, 0.3) is 0 Å². The molecule has 0 atom stereocenters. The molecule has 0 saturated carbocycles. The van der Waals surface area contributed by atoms with Gasteiger partial charge >= 0.3 is 12.1 Å². The molecule has 0 bridgehead atoms. The summed E-state index contributed by atoms with van der Waals surface area (Å²) in [5, 5.41) is 0. The summed E-state index contributed by atoms with van der Waals surface area (Å²) < 4.78 is 59.5. The summed E-state index contributed by atoms with van der Waals surface area (Å²) in [4.78, 5) is 0. The molecular weight excluding hydrogens is 231 g/mol. The molecule has 0 amide bonds. The summed E-state index contributed by atoms with van der Waals surface area (Å²) in [5.74, 6) is -4.61. The summed E-state index contributed by atoms with van der Waals surface area (Å²) in [6.45, 7) is 3.06. The molecule has 0 aromatic rings. The minimum Gasteiger partial charge on any atom is -0.196 e. The van der Waals surface area contributed by atoms with Crippen LogP contribution in [-0.4, -0.2) is 19.5 Å². The zero-order chi connectivity index (χ0) is 10.9.